The van der Waals surface area contributed by atoms with Gasteiger partial charge in [0.05, 0.1) is 5.52 Å². The van der Waals surface area contributed by atoms with Crippen LogP contribution in [0.25, 0.3) is 11.1 Å². The minimum Gasteiger partial charge on any atom is -0.408 e. The number of carbonyl (C=O) groups excluding carboxylic acids is 1. The lowest BCUT2D eigenvalue weighted by Gasteiger charge is -2.26. The van der Waals surface area contributed by atoms with E-state index in [0.29, 0.717) is 25.0 Å². The fraction of sp³-hybridized carbons (Fsp3) is 0.467. The maximum absolute atomic E-state index is 12.1. The van der Waals surface area contributed by atoms with E-state index in [1.54, 1.807) is 10.6 Å². The van der Waals surface area contributed by atoms with Gasteiger partial charge in [0, 0.05) is 37.6 Å². The van der Waals surface area contributed by atoms with Gasteiger partial charge in [-0.3, -0.25) is 9.36 Å². The summed E-state index contributed by atoms with van der Waals surface area (Å²) in [6.07, 6.45) is 1.14. The fourth-order valence-corrected chi connectivity index (χ4v) is 3.49. The van der Waals surface area contributed by atoms with Crippen LogP contribution < -0.4 is 5.76 Å². The highest BCUT2D eigenvalue weighted by atomic mass is 32.2. The second-order valence-electron chi connectivity index (χ2n) is 5.08. The van der Waals surface area contributed by atoms with E-state index in [0.717, 1.165) is 30.1 Å². The molecule has 1 aromatic carbocycles. The van der Waals surface area contributed by atoms with Gasteiger partial charge in [0.2, 0.25) is 5.91 Å². The molecule has 3 rings (SSSR count). The Labute approximate surface area is 126 Å². The minimum absolute atomic E-state index is 0.191. The summed E-state index contributed by atoms with van der Waals surface area (Å²) in [7, 11) is 0. The summed E-state index contributed by atoms with van der Waals surface area (Å²) in [6, 6.07) is 7.37. The standard InChI is InChI=1S/C15H18N2O3S/c18-14(16-8-10-21-11-9-16)6-3-7-17-12-4-1-2-5-13(12)20-15(17)19/h1-2,4-5H,3,6-11H2. The van der Waals surface area contributed by atoms with Crippen molar-refractivity contribution in [3.05, 3.63) is 34.8 Å². The van der Waals surface area contributed by atoms with Gasteiger partial charge >= 0.3 is 5.76 Å². The number of para-hydroxylation sites is 2. The van der Waals surface area contributed by atoms with Crippen molar-refractivity contribution in [2.24, 2.45) is 0 Å². The Bertz CT molecular complexity index is 686. The predicted octanol–water partition coefficient (Wildman–Crippen LogP) is 1.95. The summed E-state index contributed by atoms with van der Waals surface area (Å²) in [6.45, 7) is 2.21. The summed E-state index contributed by atoms with van der Waals surface area (Å²) in [5, 5.41) is 0. The topological polar surface area (TPSA) is 55.5 Å². The lowest BCUT2D eigenvalue weighted by molar-refractivity contribution is -0.130. The SMILES string of the molecule is O=C(CCCn1c(=O)oc2ccccc21)N1CCSCC1. The van der Waals surface area contributed by atoms with E-state index in [-0.39, 0.29) is 11.7 Å². The predicted molar refractivity (Wildman–Crippen MR) is 83.6 cm³/mol. The van der Waals surface area contributed by atoms with E-state index in [1.165, 1.54) is 0 Å². The first-order chi connectivity index (χ1) is 10.3. The highest BCUT2D eigenvalue weighted by Gasteiger charge is 2.16. The lowest BCUT2D eigenvalue weighted by Crippen LogP contribution is -2.37. The molecule has 0 unspecified atom stereocenters. The molecule has 1 aromatic heterocycles. The van der Waals surface area contributed by atoms with E-state index >= 15 is 0 Å². The zero-order valence-corrected chi connectivity index (χ0v) is 12.6. The number of amides is 1. The summed E-state index contributed by atoms with van der Waals surface area (Å²) in [4.78, 5) is 25.8. The number of benzene rings is 1. The van der Waals surface area contributed by atoms with Gasteiger partial charge in [-0.15, -0.1) is 0 Å². The van der Waals surface area contributed by atoms with E-state index in [4.69, 9.17) is 4.42 Å². The summed E-state index contributed by atoms with van der Waals surface area (Å²) >= 11 is 1.89. The number of rotatable bonds is 4. The zero-order valence-electron chi connectivity index (χ0n) is 11.8. The molecule has 1 amide bonds. The Balaban J connectivity index is 1.60. The van der Waals surface area contributed by atoms with Gasteiger partial charge in [-0.2, -0.15) is 11.8 Å². The Morgan fingerprint density at radius 3 is 2.81 bits per heavy atom. The zero-order chi connectivity index (χ0) is 14.7. The monoisotopic (exact) mass is 306 g/mol. The quantitative estimate of drug-likeness (QED) is 0.866. The molecule has 112 valence electrons. The second kappa shape index (κ2) is 6.39. The molecule has 0 aliphatic carbocycles. The third kappa shape index (κ3) is 3.15. The number of aromatic nitrogens is 1. The van der Waals surface area contributed by atoms with Crippen molar-refractivity contribution in [2.75, 3.05) is 24.6 Å². The fourth-order valence-electron chi connectivity index (χ4n) is 2.58. The first-order valence-corrected chi connectivity index (χ1v) is 8.35. The van der Waals surface area contributed by atoms with Gasteiger partial charge in [0.15, 0.2) is 5.58 Å². The molecule has 0 radical (unpaired) electrons. The van der Waals surface area contributed by atoms with Crippen LogP contribution in [0.3, 0.4) is 0 Å². The van der Waals surface area contributed by atoms with Crippen LogP contribution in [0.1, 0.15) is 12.8 Å². The summed E-state index contributed by atoms with van der Waals surface area (Å²) in [5.41, 5.74) is 1.39. The molecular weight excluding hydrogens is 288 g/mol. The third-order valence-corrected chi connectivity index (χ3v) is 4.65. The normalized spacial score (nSPS) is 15.5. The molecular formula is C15H18N2O3S. The first-order valence-electron chi connectivity index (χ1n) is 7.19. The summed E-state index contributed by atoms with van der Waals surface area (Å²) in [5.74, 6) is 1.89. The van der Waals surface area contributed by atoms with Crippen molar-refractivity contribution < 1.29 is 9.21 Å². The number of aryl methyl sites for hydroxylation is 1. The van der Waals surface area contributed by atoms with Gasteiger partial charge in [0.25, 0.3) is 0 Å². The Hall–Kier alpha value is -1.69. The van der Waals surface area contributed by atoms with Gasteiger partial charge in [-0.05, 0) is 18.6 Å². The van der Waals surface area contributed by atoms with Crippen molar-refractivity contribution in [2.45, 2.75) is 19.4 Å². The number of nitrogens with zero attached hydrogens (tertiary/aromatic N) is 2. The molecule has 6 heteroatoms. The van der Waals surface area contributed by atoms with Gasteiger partial charge in [-0.25, -0.2) is 4.79 Å². The Morgan fingerprint density at radius 1 is 1.24 bits per heavy atom. The van der Waals surface area contributed by atoms with Crippen LogP contribution in [-0.2, 0) is 11.3 Å². The average Bonchev–Trinajstić information content (AvgIpc) is 2.84. The van der Waals surface area contributed by atoms with Crippen LogP contribution in [0.2, 0.25) is 0 Å². The molecule has 2 aromatic rings. The van der Waals surface area contributed by atoms with Crippen molar-refractivity contribution in [3.8, 4) is 0 Å². The second-order valence-corrected chi connectivity index (χ2v) is 6.31. The third-order valence-electron chi connectivity index (χ3n) is 3.71. The molecule has 21 heavy (non-hydrogen) atoms. The maximum atomic E-state index is 12.1. The maximum Gasteiger partial charge on any atom is 0.419 e. The number of hydrogen-bond donors (Lipinski definition) is 0. The Kier molecular flexibility index (Phi) is 4.34. The molecule has 0 atom stereocenters. The van der Waals surface area contributed by atoms with Crippen molar-refractivity contribution in [3.63, 3.8) is 0 Å². The lowest BCUT2D eigenvalue weighted by atomic mass is 10.2. The highest BCUT2D eigenvalue weighted by Crippen LogP contribution is 2.14. The molecule has 0 spiro atoms. The molecule has 1 fully saturated rings. The molecule has 5 nitrogen and oxygen atoms in total. The van der Waals surface area contributed by atoms with Crippen molar-refractivity contribution in [1.82, 2.24) is 9.47 Å². The molecule has 1 aliphatic rings. The van der Waals surface area contributed by atoms with E-state index in [9.17, 15) is 9.59 Å². The van der Waals surface area contributed by atoms with Crippen LogP contribution >= 0.6 is 11.8 Å². The first kappa shape index (κ1) is 14.3. The number of carbonyl (C=O) groups is 1. The van der Waals surface area contributed by atoms with Crippen LogP contribution in [0.4, 0.5) is 0 Å². The number of fused-ring (bicyclic) bond motifs is 1. The molecule has 0 bridgehead atoms. The molecule has 0 saturated carbocycles. The Morgan fingerprint density at radius 2 is 2.00 bits per heavy atom. The number of thioether (sulfide) groups is 1. The van der Waals surface area contributed by atoms with E-state index in [1.807, 2.05) is 34.9 Å². The van der Waals surface area contributed by atoms with Crippen LogP contribution in [0.15, 0.2) is 33.5 Å². The molecule has 1 aliphatic heterocycles. The average molecular weight is 306 g/mol. The number of oxazole rings is 1. The highest BCUT2D eigenvalue weighted by molar-refractivity contribution is 7.99. The van der Waals surface area contributed by atoms with Crippen LogP contribution in [0, 0.1) is 0 Å². The minimum atomic E-state index is -0.349. The van der Waals surface area contributed by atoms with Gasteiger partial charge < -0.3 is 9.32 Å². The largest absolute Gasteiger partial charge is 0.419 e. The van der Waals surface area contributed by atoms with E-state index in [2.05, 4.69) is 0 Å². The van der Waals surface area contributed by atoms with E-state index < -0.39 is 0 Å². The van der Waals surface area contributed by atoms with Crippen LogP contribution in [-0.4, -0.2) is 40.0 Å². The smallest absolute Gasteiger partial charge is 0.408 e. The number of hydrogen-bond acceptors (Lipinski definition) is 4. The molecule has 0 N–H and O–H groups in total. The van der Waals surface area contributed by atoms with Gasteiger partial charge in [0.1, 0.15) is 0 Å². The van der Waals surface area contributed by atoms with Crippen LogP contribution in [0.5, 0.6) is 0 Å². The molecule has 1 saturated heterocycles. The molecule has 2 heterocycles. The van der Waals surface area contributed by atoms with Crippen molar-refractivity contribution in [1.29, 1.82) is 0 Å². The summed E-state index contributed by atoms with van der Waals surface area (Å²) < 4.78 is 6.79. The van der Waals surface area contributed by atoms with Crippen molar-refractivity contribution >= 4 is 28.8 Å². The van der Waals surface area contributed by atoms with Gasteiger partial charge in [-0.1, -0.05) is 12.1 Å².